The maximum absolute atomic E-state index is 5.48. The van der Waals surface area contributed by atoms with E-state index in [1.807, 2.05) is 6.92 Å². The fourth-order valence-corrected chi connectivity index (χ4v) is 1.13. The van der Waals surface area contributed by atoms with Crippen LogP contribution in [0.4, 0.5) is 5.82 Å². The third kappa shape index (κ3) is 1.35. The topological polar surface area (TPSA) is 80.5 Å². The second-order valence-electron chi connectivity index (χ2n) is 2.70. The van der Waals surface area contributed by atoms with Crippen LogP contribution in [0.1, 0.15) is 5.69 Å². The van der Waals surface area contributed by atoms with Crippen LogP contribution >= 0.6 is 0 Å². The van der Waals surface area contributed by atoms with Crippen molar-refractivity contribution >= 4 is 5.82 Å². The average Bonchev–Trinajstić information content (AvgIpc) is 2.53. The molecule has 0 saturated heterocycles. The summed E-state index contributed by atoms with van der Waals surface area (Å²) >= 11 is 0. The molecule has 2 heterocycles. The highest BCUT2D eigenvalue weighted by Gasteiger charge is 2.05. The van der Waals surface area contributed by atoms with E-state index in [4.69, 9.17) is 5.73 Å². The summed E-state index contributed by atoms with van der Waals surface area (Å²) in [4.78, 5) is 8.29. The quantitative estimate of drug-likeness (QED) is 0.670. The normalized spacial score (nSPS) is 10.2. The Morgan fingerprint density at radius 3 is 2.69 bits per heavy atom. The van der Waals surface area contributed by atoms with E-state index in [1.165, 1.54) is 0 Å². The van der Waals surface area contributed by atoms with Gasteiger partial charge in [-0.3, -0.25) is 15.1 Å². The SMILES string of the molecule is Cc1nccnc1-c1cc(N)n[nH]1. The summed E-state index contributed by atoms with van der Waals surface area (Å²) in [5.74, 6) is 0.458. The molecule has 2 aromatic heterocycles. The minimum Gasteiger partial charge on any atom is -0.382 e. The van der Waals surface area contributed by atoms with Crippen molar-refractivity contribution in [3.05, 3.63) is 24.2 Å². The van der Waals surface area contributed by atoms with Crippen molar-refractivity contribution in [1.29, 1.82) is 0 Å². The van der Waals surface area contributed by atoms with Gasteiger partial charge in [-0.05, 0) is 6.92 Å². The lowest BCUT2D eigenvalue weighted by Crippen LogP contribution is -1.90. The molecule has 0 atom stereocenters. The summed E-state index contributed by atoms with van der Waals surface area (Å²) in [5.41, 5.74) is 7.91. The number of aromatic nitrogens is 4. The predicted octanol–water partition coefficient (Wildman–Crippen LogP) is 0.757. The highest BCUT2D eigenvalue weighted by Crippen LogP contribution is 2.17. The van der Waals surface area contributed by atoms with Crippen LogP contribution in [-0.4, -0.2) is 20.2 Å². The Kier molecular flexibility index (Phi) is 1.70. The van der Waals surface area contributed by atoms with Crippen LogP contribution < -0.4 is 5.73 Å². The molecule has 0 fully saturated rings. The molecule has 0 aliphatic carbocycles. The minimum atomic E-state index is 0.458. The second-order valence-corrected chi connectivity index (χ2v) is 2.70. The zero-order chi connectivity index (χ0) is 9.26. The Labute approximate surface area is 75.0 Å². The number of H-pyrrole nitrogens is 1. The molecule has 66 valence electrons. The molecular weight excluding hydrogens is 166 g/mol. The number of rotatable bonds is 1. The number of nitrogen functional groups attached to an aromatic ring is 1. The number of aromatic amines is 1. The van der Waals surface area contributed by atoms with Crippen LogP contribution in [0.2, 0.25) is 0 Å². The lowest BCUT2D eigenvalue weighted by atomic mass is 10.2. The Hall–Kier alpha value is -1.91. The Morgan fingerprint density at radius 2 is 2.08 bits per heavy atom. The molecule has 0 aromatic carbocycles. The molecule has 2 rings (SSSR count). The van der Waals surface area contributed by atoms with E-state index >= 15 is 0 Å². The van der Waals surface area contributed by atoms with E-state index < -0.39 is 0 Å². The van der Waals surface area contributed by atoms with Crippen molar-refractivity contribution in [3.8, 4) is 11.4 Å². The maximum Gasteiger partial charge on any atom is 0.145 e. The molecule has 3 N–H and O–H groups in total. The van der Waals surface area contributed by atoms with Crippen molar-refractivity contribution in [2.45, 2.75) is 6.92 Å². The second kappa shape index (κ2) is 2.85. The summed E-state index contributed by atoms with van der Waals surface area (Å²) < 4.78 is 0. The smallest absolute Gasteiger partial charge is 0.145 e. The number of aryl methyl sites for hydroxylation is 1. The number of hydrogen-bond acceptors (Lipinski definition) is 4. The number of hydrogen-bond donors (Lipinski definition) is 2. The highest BCUT2D eigenvalue weighted by molar-refractivity contribution is 5.59. The van der Waals surface area contributed by atoms with Gasteiger partial charge in [0.05, 0.1) is 11.4 Å². The molecule has 0 aliphatic heterocycles. The predicted molar refractivity (Wildman–Crippen MR) is 48.8 cm³/mol. The molecule has 0 saturated carbocycles. The molecule has 5 heteroatoms. The lowest BCUT2D eigenvalue weighted by Gasteiger charge is -1.98. The molecule has 0 radical (unpaired) electrons. The first-order valence-corrected chi connectivity index (χ1v) is 3.86. The van der Waals surface area contributed by atoms with Crippen molar-refractivity contribution in [1.82, 2.24) is 20.2 Å². The van der Waals surface area contributed by atoms with Crippen molar-refractivity contribution in [2.24, 2.45) is 0 Å². The van der Waals surface area contributed by atoms with Crippen molar-refractivity contribution < 1.29 is 0 Å². The fraction of sp³-hybridized carbons (Fsp3) is 0.125. The van der Waals surface area contributed by atoms with Gasteiger partial charge in [-0.2, -0.15) is 5.10 Å². The van der Waals surface area contributed by atoms with Crippen LogP contribution in [0.25, 0.3) is 11.4 Å². The van der Waals surface area contributed by atoms with Crippen molar-refractivity contribution in [3.63, 3.8) is 0 Å². The number of nitrogens with two attached hydrogens (primary N) is 1. The van der Waals surface area contributed by atoms with E-state index in [0.29, 0.717) is 5.82 Å². The zero-order valence-corrected chi connectivity index (χ0v) is 7.15. The lowest BCUT2D eigenvalue weighted by molar-refractivity contribution is 1.06. The molecule has 0 bridgehead atoms. The Balaban J connectivity index is 2.52. The van der Waals surface area contributed by atoms with Gasteiger partial charge in [0.2, 0.25) is 0 Å². The van der Waals surface area contributed by atoms with Crippen LogP contribution in [0.5, 0.6) is 0 Å². The number of anilines is 1. The molecule has 0 aliphatic rings. The largest absolute Gasteiger partial charge is 0.382 e. The minimum absolute atomic E-state index is 0.458. The van der Waals surface area contributed by atoms with Gasteiger partial charge in [0, 0.05) is 18.5 Å². The van der Waals surface area contributed by atoms with Crippen LogP contribution in [0, 0.1) is 6.92 Å². The fourth-order valence-electron chi connectivity index (χ4n) is 1.13. The van der Waals surface area contributed by atoms with Gasteiger partial charge < -0.3 is 5.73 Å². The van der Waals surface area contributed by atoms with Crippen molar-refractivity contribution in [2.75, 3.05) is 5.73 Å². The van der Waals surface area contributed by atoms with Gasteiger partial charge in [-0.1, -0.05) is 0 Å². The monoisotopic (exact) mass is 175 g/mol. The number of nitrogens with zero attached hydrogens (tertiary/aromatic N) is 3. The van der Waals surface area contributed by atoms with Gasteiger partial charge >= 0.3 is 0 Å². The van der Waals surface area contributed by atoms with Crippen LogP contribution in [0.3, 0.4) is 0 Å². The van der Waals surface area contributed by atoms with Crippen LogP contribution in [0.15, 0.2) is 18.5 Å². The van der Waals surface area contributed by atoms with Gasteiger partial charge in [0.1, 0.15) is 11.5 Å². The zero-order valence-electron chi connectivity index (χ0n) is 7.15. The van der Waals surface area contributed by atoms with Crippen LogP contribution in [-0.2, 0) is 0 Å². The standard InChI is InChI=1S/C8H9N5/c1-5-8(11-3-2-10-5)6-4-7(9)13-12-6/h2-4H,1H3,(H3,9,12,13). The maximum atomic E-state index is 5.48. The first-order valence-electron chi connectivity index (χ1n) is 3.86. The van der Waals surface area contributed by atoms with E-state index in [1.54, 1.807) is 18.5 Å². The number of nitrogens with one attached hydrogen (secondary N) is 1. The molecule has 2 aromatic rings. The third-order valence-corrected chi connectivity index (χ3v) is 1.73. The van der Waals surface area contributed by atoms with Gasteiger partial charge in [0.15, 0.2) is 0 Å². The first kappa shape index (κ1) is 7.72. The van der Waals surface area contributed by atoms with Gasteiger partial charge in [-0.15, -0.1) is 0 Å². The van der Waals surface area contributed by atoms with E-state index in [-0.39, 0.29) is 0 Å². The Morgan fingerprint density at radius 1 is 1.31 bits per heavy atom. The molecule has 13 heavy (non-hydrogen) atoms. The molecule has 0 spiro atoms. The summed E-state index contributed by atoms with van der Waals surface area (Å²) in [6.45, 7) is 1.89. The first-order chi connectivity index (χ1) is 6.27. The molecule has 5 nitrogen and oxygen atoms in total. The van der Waals surface area contributed by atoms with Gasteiger partial charge in [-0.25, -0.2) is 0 Å². The van der Waals surface area contributed by atoms with E-state index in [9.17, 15) is 0 Å². The summed E-state index contributed by atoms with van der Waals surface area (Å²) in [7, 11) is 0. The van der Waals surface area contributed by atoms with E-state index in [2.05, 4.69) is 20.2 Å². The summed E-state index contributed by atoms with van der Waals surface area (Å²) in [6.07, 6.45) is 3.29. The van der Waals surface area contributed by atoms with E-state index in [0.717, 1.165) is 17.1 Å². The molecular formula is C8H9N5. The Bertz CT molecular complexity index is 420. The molecule has 0 unspecified atom stereocenters. The average molecular weight is 175 g/mol. The molecule has 0 amide bonds. The summed E-state index contributed by atoms with van der Waals surface area (Å²) in [5, 5.41) is 6.60. The summed E-state index contributed by atoms with van der Waals surface area (Å²) in [6, 6.07) is 1.73. The third-order valence-electron chi connectivity index (χ3n) is 1.73. The highest BCUT2D eigenvalue weighted by atomic mass is 15.2. The van der Waals surface area contributed by atoms with Gasteiger partial charge in [0.25, 0.3) is 0 Å².